The van der Waals surface area contributed by atoms with Gasteiger partial charge in [-0.3, -0.25) is 4.90 Å². The van der Waals surface area contributed by atoms with Crippen LogP contribution in [0.5, 0.6) is 0 Å². The van der Waals surface area contributed by atoms with E-state index in [1.54, 1.807) is 0 Å². The highest BCUT2D eigenvalue weighted by Gasteiger charge is 2.14. The molecule has 0 saturated carbocycles. The van der Waals surface area contributed by atoms with Gasteiger partial charge in [0.2, 0.25) is 0 Å². The largest absolute Gasteiger partial charge is 0.398 e. The lowest BCUT2D eigenvalue weighted by molar-refractivity contribution is 0.201. The smallest absolute Gasteiger partial charge is 0.0371 e. The first kappa shape index (κ1) is 13.5. The average Bonchev–Trinajstić information content (AvgIpc) is 2.20. The molecule has 0 fully saturated rings. The quantitative estimate of drug-likeness (QED) is 0.858. The van der Waals surface area contributed by atoms with Gasteiger partial charge in [-0.25, -0.2) is 0 Å². The van der Waals surface area contributed by atoms with Crippen molar-refractivity contribution in [2.24, 2.45) is 5.92 Å². The van der Waals surface area contributed by atoms with Crippen LogP contribution in [-0.4, -0.2) is 18.0 Å². The Bertz CT molecular complexity index is 350. The number of nitrogen functional groups attached to an aromatic ring is 1. The molecule has 0 heterocycles. The third kappa shape index (κ3) is 3.49. The van der Waals surface area contributed by atoms with E-state index in [4.69, 9.17) is 5.73 Å². The summed E-state index contributed by atoms with van der Waals surface area (Å²) in [5.41, 5.74) is 8.04. The molecule has 0 amide bonds. The highest BCUT2D eigenvalue weighted by atomic mass is 79.9. The van der Waals surface area contributed by atoms with Crippen molar-refractivity contribution in [3.05, 3.63) is 28.2 Å². The Morgan fingerprint density at radius 2 is 1.94 bits per heavy atom. The Morgan fingerprint density at radius 1 is 1.31 bits per heavy atom. The summed E-state index contributed by atoms with van der Waals surface area (Å²) in [5, 5.41) is 0. The van der Waals surface area contributed by atoms with E-state index in [1.807, 2.05) is 12.1 Å². The van der Waals surface area contributed by atoms with Crippen molar-refractivity contribution < 1.29 is 0 Å². The van der Waals surface area contributed by atoms with Crippen LogP contribution >= 0.6 is 15.9 Å². The first-order valence-corrected chi connectivity index (χ1v) is 6.45. The molecule has 0 saturated heterocycles. The van der Waals surface area contributed by atoms with Crippen LogP contribution in [0.3, 0.4) is 0 Å². The second kappa shape index (κ2) is 5.69. The molecule has 1 aromatic carbocycles. The SMILES string of the molecule is CC(C)C(C)N(C)Cc1ccc(Br)cc1N. The van der Waals surface area contributed by atoms with Gasteiger partial charge in [-0.2, -0.15) is 0 Å². The number of halogens is 1. The Morgan fingerprint density at radius 3 is 2.44 bits per heavy atom. The summed E-state index contributed by atoms with van der Waals surface area (Å²) in [6, 6.07) is 6.65. The fourth-order valence-electron chi connectivity index (χ4n) is 1.63. The third-order valence-corrected chi connectivity index (χ3v) is 3.68. The zero-order chi connectivity index (χ0) is 12.3. The maximum Gasteiger partial charge on any atom is 0.0371 e. The first-order valence-electron chi connectivity index (χ1n) is 5.66. The molecule has 1 aromatic rings. The molecule has 1 atom stereocenters. The van der Waals surface area contributed by atoms with Gasteiger partial charge in [0, 0.05) is 22.7 Å². The maximum absolute atomic E-state index is 5.99. The van der Waals surface area contributed by atoms with Gasteiger partial charge in [-0.05, 0) is 37.6 Å². The fraction of sp³-hybridized carbons (Fsp3) is 0.538. The third-order valence-electron chi connectivity index (χ3n) is 3.19. The summed E-state index contributed by atoms with van der Waals surface area (Å²) >= 11 is 3.42. The van der Waals surface area contributed by atoms with Crippen LogP contribution in [0, 0.1) is 5.92 Å². The Kier molecular flexibility index (Phi) is 4.81. The number of anilines is 1. The van der Waals surface area contributed by atoms with Crippen LogP contribution < -0.4 is 5.73 Å². The van der Waals surface area contributed by atoms with Crippen LogP contribution in [-0.2, 0) is 6.54 Å². The molecule has 0 aromatic heterocycles. The second-order valence-electron chi connectivity index (χ2n) is 4.74. The Hall–Kier alpha value is -0.540. The average molecular weight is 285 g/mol. The zero-order valence-electron chi connectivity index (χ0n) is 10.5. The topological polar surface area (TPSA) is 29.3 Å². The lowest BCUT2D eigenvalue weighted by Gasteiger charge is -2.28. The minimum Gasteiger partial charge on any atom is -0.398 e. The van der Waals surface area contributed by atoms with Gasteiger partial charge in [0.15, 0.2) is 0 Å². The van der Waals surface area contributed by atoms with Crippen LogP contribution in [0.4, 0.5) is 5.69 Å². The second-order valence-corrected chi connectivity index (χ2v) is 5.66. The molecule has 0 spiro atoms. The molecule has 0 aliphatic carbocycles. The van der Waals surface area contributed by atoms with Crippen molar-refractivity contribution in [3.8, 4) is 0 Å². The normalized spacial score (nSPS) is 13.4. The van der Waals surface area contributed by atoms with Gasteiger partial charge in [0.1, 0.15) is 0 Å². The molecule has 0 radical (unpaired) electrons. The lowest BCUT2D eigenvalue weighted by Crippen LogP contribution is -2.32. The Labute approximate surface area is 107 Å². The number of hydrogen-bond donors (Lipinski definition) is 1. The van der Waals surface area contributed by atoms with Gasteiger partial charge < -0.3 is 5.73 Å². The number of nitrogens with two attached hydrogens (primary N) is 1. The molecule has 3 heteroatoms. The molecular weight excluding hydrogens is 264 g/mol. The van der Waals surface area contributed by atoms with Gasteiger partial charge in [-0.1, -0.05) is 35.8 Å². The van der Waals surface area contributed by atoms with Crippen molar-refractivity contribution in [2.45, 2.75) is 33.4 Å². The van der Waals surface area contributed by atoms with Crippen molar-refractivity contribution >= 4 is 21.6 Å². The van der Waals surface area contributed by atoms with E-state index in [0.29, 0.717) is 12.0 Å². The number of nitrogens with zero attached hydrogens (tertiary/aromatic N) is 1. The molecule has 1 unspecified atom stereocenters. The van der Waals surface area contributed by atoms with Gasteiger partial charge >= 0.3 is 0 Å². The van der Waals surface area contributed by atoms with E-state index in [-0.39, 0.29) is 0 Å². The summed E-state index contributed by atoms with van der Waals surface area (Å²) in [4.78, 5) is 2.34. The van der Waals surface area contributed by atoms with E-state index >= 15 is 0 Å². The molecule has 2 nitrogen and oxygen atoms in total. The van der Waals surface area contributed by atoms with Crippen molar-refractivity contribution in [1.82, 2.24) is 4.90 Å². The molecule has 0 aliphatic rings. The van der Waals surface area contributed by atoms with E-state index in [1.165, 1.54) is 5.56 Å². The van der Waals surface area contributed by atoms with Gasteiger partial charge in [0.25, 0.3) is 0 Å². The first-order chi connectivity index (χ1) is 7.41. The summed E-state index contributed by atoms with van der Waals surface area (Å²) in [6.45, 7) is 7.64. The number of hydrogen-bond acceptors (Lipinski definition) is 2. The maximum atomic E-state index is 5.99. The van der Waals surface area contributed by atoms with Crippen LogP contribution in [0.1, 0.15) is 26.3 Å². The van der Waals surface area contributed by atoms with Crippen LogP contribution in [0.15, 0.2) is 22.7 Å². The predicted octanol–water partition coefficient (Wildman–Crippen LogP) is 3.51. The summed E-state index contributed by atoms with van der Waals surface area (Å²) in [7, 11) is 2.14. The van der Waals surface area contributed by atoms with Crippen molar-refractivity contribution in [1.29, 1.82) is 0 Å². The molecule has 0 bridgehead atoms. The van der Waals surface area contributed by atoms with E-state index in [2.05, 4.69) is 54.7 Å². The van der Waals surface area contributed by atoms with Crippen molar-refractivity contribution in [2.75, 3.05) is 12.8 Å². The van der Waals surface area contributed by atoms with E-state index in [0.717, 1.165) is 16.7 Å². The van der Waals surface area contributed by atoms with Gasteiger partial charge in [-0.15, -0.1) is 0 Å². The standard InChI is InChI=1S/C13H21BrN2/c1-9(2)10(3)16(4)8-11-5-6-12(14)7-13(11)15/h5-7,9-10H,8,15H2,1-4H3. The monoisotopic (exact) mass is 284 g/mol. The van der Waals surface area contributed by atoms with Gasteiger partial charge in [0.05, 0.1) is 0 Å². The molecule has 90 valence electrons. The van der Waals surface area contributed by atoms with Crippen LogP contribution in [0.25, 0.3) is 0 Å². The summed E-state index contributed by atoms with van der Waals surface area (Å²) < 4.78 is 1.04. The highest BCUT2D eigenvalue weighted by molar-refractivity contribution is 9.10. The minimum absolute atomic E-state index is 0.558. The summed E-state index contributed by atoms with van der Waals surface area (Å²) in [6.07, 6.45) is 0. The van der Waals surface area contributed by atoms with E-state index in [9.17, 15) is 0 Å². The van der Waals surface area contributed by atoms with Crippen molar-refractivity contribution in [3.63, 3.8) is 0 Å². The molecule has 1 rings (SSSR count). The van der Waals surface area contributed by atoms with E-state index < -0.39 is 0 Å². The lowest BCUT2D eigenvalue weighted by atomic mass is 10.0. The number of benzene rings is 1. The minimum atomic E-state index is 0.558. The molecule has 0 aliphatic heterocycles. The molecular formula is C13H21BrN2. The molecule has 2 N–H and O–H groups in total. The zero-order valence-corrected chi connectivity index (χ0v) is 12.1. The predicted molar refractivity (Wildman–Crippen MR) is 74.3 cm³/mol. The summed E-state index contributed by atoms with van der Waals surface area (Å²) in [5.74, 6) is 0.654. The highest BCUT2D eigenvalue weighted by Crippen LogP contribution is 2.21. The Balaban J connectivity index is 2.73. The number of rotatable bonds is 4. The fourth-order valence-corrected chi connectivity index (χ4v) is 2.01. The van der Waals surface area contributed by atoms with Crippen LogP contribution in [0.2, 0.25) is 0 Å². The molecule has 16 heavy (non-hydrogen) atoms.